The van der Waals surface area contributed by atoms with Gasteiger partial charge >= 0.3 is 0 Å². The summed E-state index contributed by atoms with van der Waals surface area (Å²) in [7, 11) is 0. The Balaban J connectivity index is 2.74. The van der Waals surface area contributed by atoms with Crippen molar-refractivity contribution in [2.75, 3.05) is 5.32 Å². The molecule has 1 rings (SSSR count). The van der Waals surface area contributed by atoms with Gasteiger partial charge in [-0.3, -0.25) is 4.79 Å². The largest absolute Gasteiger partial charge is 0.505 e. The molecule has 0 fully saturated rings. The molecule has 0 bridgehead atoms. The van der Waals surface area contributed by atoms with Crippen molar-refractivity contribution in [2.24, 2.45) is 5.73 Å². The number of anilines is 1. The quantitative estimate of drug-likeness (QED) is 0.682. The van der Waals surface area contributed by atoms with E-state index in [1.165, 1.54) is 0 Å². The number of benzene rings is 1. The number of carbonyl (C=O) groups excluding carboxylic acids is 1. The maximum atomic E-state index is 11.6. The lowest BCUT2D eigenvalue weighted by molar-refractivity contribution is -0.117. The van der Waals surface area contributed by atoms with Crippen molar-refractivity contribution in [3.63, 3.8) is 0 Å². The normalized spacial score (nSPS) is 11.2. The minimum atomic E-state index is -0.552. The lowest BCUT2D eigenvalue weighted by Gasteiger charge is -2.18. The molecular weight excluding hydrogens is 204 g/mol. The lowest BCUT2D eigenvalue weighted by atomic mass is 10.0. The molecule has 0 saturated heterocycles. The summed E-state index contributed by atoms with van der Waals surface area (Å²) in [4.78, 5) is 11.6. The highest BCUT2D eigenvalue weighted by atomic mass is 16.3. The lowest BCUT2D eigenvalue weighted by Crippen LogP contribution is -2.36. The third kappa shape index (κ3) is 3.55. The molecule has 0 spiro atoms. The van der Waals surface area contributed by atoms with E-state index in [2.05, 4.69) is 5.32 Å². The molecule has 0 heterocycles. The molecule has 4 nitrogen and oxygen atoms in total. The van der Waals surface area contributed by atoms with Gasteiger partial charge in [-0.2, -0.15) is 0 Å². The molecule has 88 valence electrons. The topological polar surface area (TPSA) is 75.4 Å². The highest BCUT2D eigenvalue weighted by molar-refractivity contribution is 5.93. The molecular formula is C12H18N2O2. The van der Waals surface area contributed by atoms with Crippen molar-refractivity contribution in [3.05, 3.63) is 23.8 Å². The summed E-state index contributed by atoms with van der Waals surface area (Å²) in [5, 5.41) is 12.3. The Bertz CT molecular complexity index is 394. The minimum absolute atomic E-state index is 0.102. The Morgan fingerprint density at radius 2 is 2.12 bits per heavy atom. The molecule has 0 radical (unpaired) electrons. The predicted octanol–water partition coefficient (Wildman–Crippen LogP) is 1.77. The first kappa shape index (κ1) is 12.5. The van der Waals surface area contributed by atoms with Gasteiger partial charge in [0.25, 0.3) is 0 Å². The van der Waals surface area contributed by atoms with Gasteiger partial charge in [0.15, 0.2) is 0 Å². The van der Waals surface area contributed by atoms with Crippen LogP contribution in [0.4, 0.5) is 5.69 Å². The first-order valence-corrected chi connectivity index (χ1v) is 5.17. The van der Waals surface area contributed by atoms with E-state index < -0.39 is 5.54 Å². The third-order valence-electron chi connectivity index (χ3n) is 2.13. The molecule has 1 amide bonds. The van der Waals surface area contributed by atoms with Crippen molar-refractivity contribution in [1.82, 2.24) is 0 Å². The van der Waals surface area contributed by atoms with Gasteiger partial charge in [-0.05, 0) is 32.4 Å². The first-order valence-electron chi connectivity index (χ1n) is 5.17. The van der Waals surface area contributed by atoms with Gasteiger partial charge in [0.1, 0.15) is 5.75 Å². The number of rotatable bonds is 3. The van der Waals surface area contributed by atoms with Crippen LogP contribution in [-0.4, -0.2) is 16.6 Å². The monoisotopic (exact) mass is 222 g/mol. The van der Waals surface area contributed by atoms with Crippen molar-refractivity contribution < 1.29 is 9.90 Å². The van der Waals surface area contributed by atoms with Crippen LogP contribution in [0.1, 0.15) is 25.8 Å². The molecule has 1 aromatic rings. The van der Waals surface area contributed by atoms with Crippen molar-refractivity contribution in [2.45, 2.75) is 32.7 Å². The Morgan fingerprint density at radius 3 is 2.69 bits per heavy atom. The first-order chi connectivity index (χ1) is 7.29. The number of aromatic hydroxyl groups is 1. The Labute approximate surface area is 95.5 Å². The fourth-order valence-corrected chi connectivity index (χ4v) is 1.37. The van der Waals surface area contributed by atoms with E-state index >= 15 is 0 Å². The highest BCUT2D eigenvalue weighted by Crippen LogP contribution is 2.26. The summed E-state index contributed by atoms with van der Waals surface area (Å²) in [6.07, 6.45) is 0.209. The van der Waals surface area contributed by atoms with Crippen LogP contribution in [0.5, 0.6) is 5.75 Å². The second-order valence-electron chi connectivity index (χ2n) is 4.68. The summed E-state index contributed by atoms with van der Waals surface area (Å²) in [5.74, 6) is -0.0981. The van der Waals surface area contributed by atoms with Crippen LogP contribution >= 0.6 is 0 Å². The number of carbonyl (C=O) groups is 1. The Kier molecular flexibility index (Phi) is 3.55. The summed E-state index contributed by atoms with van der Waals surface area (Å²) in [5.41, 5.74) is 6.33. The molecule has 0 unspecified atom stereocenters. The van der Waals surface area contributed by atoms with E-state index in [1.54, 1.807) is 39.0 Å². The second-order valence-corrected chi connectivity index (χ2v) is 4.68. The van der Waals surface area contributed by atoms with Gasteiger partial charge in [-0.25, -0.2) is 0 Å². The average Bonchev–Trinajstić information content (AvgIpc) is 2.09. The van der Waals surface area contributed by atoms with Gasteiger partial charge in [0, 0.05) is 12.0 Å². The maximum absolute atomic E-state index is 11.6. The second kappa shape index (κ2) is 4.53. The molecule has 4 heteroatoms. The van der Waals surface area contributed by atoms with Crippen LogP contribution in [0.3, 0.4) is 0 Å². The number of phenols is 1. The summed E-state index contributed by atoms with van der Waals surface area (Å²) in [6.45, 7) is 5.34. The standard InChI is InChI=1S/C12H18N2O2/c1-8-5-4-6-9(11(8)16)14-10(15)7-12(2,3)13/h4-6,16H,7,13H2,1-3H3,(H,14,15). The molecule has 0 saturated carbocycles. The Morgan fingerprint density at radius 1 is 1.50 bits per heavy atom. The SMILES string of the molecule is Cc1cccc(NC(=O)CC(C)(C)N)c1O. The molecule has 4 N–H and O–H groups in total. The zero-order valence-electron chi connectivity index (χ0n) is 9.87. The number of nitrogens with two attached hydrogens (primary N) is 1. The molecule has 0 aliphatic rings. The average molecular weight is 222 g/mol. The zero-order valence-corrected chi connectivity index (χ0v) is 9.87. The number of nitrogens with one attached hydrogen (secondary N) is 1. The highest BCUT2D eigenvalue weighted by Gasteiger charge is 2.17. The van der Waals surface area contributed by atoms with E-state index in [0.29, 0.717) is 5.69 Å². The number of para-hydroxylation sites is 1. The summed E-state index contributed by atoms with van der Waals surface area (Å²) >= 11 is 0. The molecule has 16 heavy (non-hydrogen) atoms. The van der Waals surface area contributed by atoms with Crippen molar-refractivity contribution in [1.29, 1.82) is 0 Å². The fraction of sp³-hybridized carbons (Fsp3) is 0.417. The number of phenolic OH excluding ortho intramolecular Hbond substituents is 1. The summed E-state index contributed by atoms with van der Waals surface area (Å²) < 4.78 is 0. The summed E-state index contributed by atoms with van der Waals surface area (Å²) in [6, 6.07) is 5.21. The van der Waals surface area contributed by atoms with E-state index in [9.17, 15) is 9.90 Å². The van der Waals surface area contributed by atoms with Crippen molar-refractivity contribution >= 4 is 11.6 Å². The minimum Gasteiger partial charge on any atom is -0.505 e. The number of hydrogen-bond acceptors (Lipinski definition) is 3. The van der Waals surface area contributed by atoms with Gasteiger partial charge in [0.2, 0.25) is 5.91 Å². The third-order valence-corrected chi connectivity index (χ3v) is 2.13. The fourth-order valence-electron chi connectivity index (χ4n) is 1.37. The van der Waals surface area contributed by atoms with Gasteiger partial charge < -0.3 is 16.2 Å². The maximum Gasteiger partial charge on any atom is 0.226 e. The molecule has 0 aliphatic carbocycles. The van der Waals surface area contributed by atoms with E-state index in [-0.39, 0.29) is 18.1 Å². The van der Waals surface area contributed by atoms with E-state index in [1.807, 2.05) is 0 Å². The Hall–Kier alpha value is -1.55. The molecule has 1 aromatic carbocycles. The number of amides is 1. The number of hydrogen-bond donors (Lipinski definition) is 3. The van der Waals surface area contributed by atoms with E-state index in [0.717, 1.165) is 5.56 Å². The van der Waals surface area contributed by atoms with Crippen LogP contribution in [0.25, 0.3) is 0 Å². The predicted molar refractivity (Wildman–Crippen MR) is 64.4 cm³/mol. The van der Waals surface area contributed by atoms with Gasteiger partial charge in [-0.1, -0.05) is 12.1 Å². The molecule has 0 aromatic heterocycles. The van der Waals surface area contributed by atoms with Crippen LogP contribution in [0.2, 0.25) is 0 Å². The zero-order chi connectivity index (χ0) is 12.3. The van der Waals surface area contributed by atoms with E-state index in [4.69, 9.17) is 5.73 Å². The van der Waals surface area contributed by atoms with Gasteiger partial charge in [-0.15, -0.1) is 0 Å². The van der Waals surface area contributed by atoms with Crippen LogP contribution in [-0.2, 0) is 4.79 Å². The van der Waals surface area contributed by atoms with Crippen LogP contribution in [0.15, 0.2) is 18.2 Å². The van der Waals surface area contributed by atoms with Crippen LogP contribution in [0, 0.1) is 6.92 Å². The van der Waals surface area contributed by atoms with Gasteiger partial charge in [0.05, 0.1) is 5.69 Å². The molecule has 0 atom stereocenters. The smallest absolute Gasteiger partial charge is 0.226 e. The number of aryl methyl sites for hydroxylation is 1. The molecule has 0 aliphatic heterocycles. The van der Waals surface area contributed by atoms with Crippen LogP contribution < -0.4 is 11.1 Å². The van der Waals surface area contributed by atoms with Crippen molar-refractivity contribution in [3.8, 4) is 5.75 Å².